The van der Waals surface area contributed by atoms with Gasteiger partial charge in [0.15, 0.2) is 0 Å². The molecule has 0 unspecified atom stereocenters. The fourth-order valence-corrected chi connectivity index (χ4v) is 7.36. The number of aromatic nitrogens is 2. The maximum Gasteiger partial charge on any atom is 0.104 e. The van der Waals surface area contributed by atoms with Crippen LogP contribution in [0.5, 0.6) is 0 Å². The molecule has 0 spiro atoms. The predicted octanol–water partition coefficient (Wildman–Crippen LogP) is 6.55. The summed E-state index contributed by atoms with van der Waals surface area (Å²) in [5, 5.41) is 5.82. The van der Waals surface area contributed by atoms with E-state index >= 15 is 0 Å². The van der Waals surface area contributed by atoms with Gasteiger partial charge in [-0.3, -0.25) is 0 Å². The molecule has 2 nitrogen and oxygen atoms in total. The first-order chi connectivity index (χ1) is 9.75. The molecule has 0 fully saturated rings. The second kappa shape index (κ2) is 4.03. The zero-order chi connectivity index (χ0) is 13.4. The fraction of sp³-hybridized carbons (Fsp3) is 0. The summed E-state index contributed by atoms with van der Waals surface area (Å²) < 4.78 is 8.95. The average Bonchev–Trinajstić information content (AvgIpc) is 3.18. The number of hydrogen-bond donors (Lipinski definition) is 0. The molecule has 98 valence electrons. The molecule has 1 aromatic rings. The van der Waals surface area contributed by atoms with E-state index in [0.29, 0.717) is 0 Å². The van der Waals surface area contributed by atoms with Crippen molar-refractivity contribution in [2.75, 3.05) is 0 Å². The highest BCUT2D eigenvalue weighted by Crippen LogP contribution is 2.51. The van der Waals surface area contributed by atoms with E-state index in [1.54, 1.807) is 20.7 Å². The Morgan fingerprint density at radius 2 is 1.15 bits per heavy atom. The molecule has 0 atom stereocenters. The summed E-state index contributed by atoms with van der Waals surface area (Å²) in [5.74, 6) is 0. The van der Waals surface area contributed by atoms with E-state index in [1.165, 1.54) is 21.1 Å². The Balaban J connectivity index is 2.08. The molecule has 20 heavy (non-hydrogen) atoms. The zero-order valence-electron chi connectivity index (χ0n) is 9.44. The van der Waals surface area contributed by atoms with E-state index in [1.807, 2.05) is 0 Å². The van der Waals surface area contributed by atoms with Crippen LogP contribution in [0, 0.1) is 0 Å². The number of halogens is 2. The van der Waals surface area contributed by atoms with Crippen molar-refractivity contribution in [1.29, 1.82) is 0 Å². The van der Waals surface area contributed by atoms with Gasteiger partial charge in [-0.05, 0) is 12.1 Å². The molecule has 8 heteroatoms. The van der Waals surface area contributed by atoms with Crippen LogP contribution in [-0.2, 0) is 0 Å². The minimum atomic E-state index is 0.784. The molecule has 4 aliphatic rings. The average molecular weight is 373 g/mol. The van der Waals surface area contributed by atoms with Gasteiger partial charge in [0.05, 0.1) is 19.8 Å². The summed E-state index contributed by atoms with van der Waals surface area (Å²) >= 11 is 13.0. The van der Waals surface area contributed by atoms with Gasteiger partial charge in [0, 0.05) is 42.6 Å². The summed E-state index contributed by atoms with van der Waals surface area (Å²) in [7, 11) is 6.17. The van der Waals surface area contributed by atoms with Gasteiger partial charge in [-0.25, -0.2) is 0 Å². The van der Waals surface area contributed by atoms with Gasteiger partial charge in [0.25, 0.3) is 0 Å². The van der Waals surface area contributed by atoms with Gasteiger partial charge >= 0.3 is 0 Å². The van der Waals surface area contributed by atoms with Crippen molar-refractivity contribution in [3.05, 3.63) is 22.2 Å². The van der Waals surface area contributed by atoms with Crippen molar-refractivity contribution in [3.8, 4) is 21.1 Å². The first kappa shape index (κ1) is 12.1. The monoisotopic (exact) mass is 372 g/mol. The van der Waals surface area contributed by atoms with Crippen molar-refractivity contribution < 1.29 is 0 Å². The molecule has 0 N–H and O–H groups in total. The molecule has 0 bridgehead atoms. The molecule has 1 aromatic carbocycles. The lowest BCUT2D eigenvalue weighted by Crippen LogP contribution is -1.72. The highest BCUT2D eigenvalue weighted by atomic mass is 35.5. The predicted molar refractivity (Wildman–Crippen MR) is 91.8 cm³/mol. The summed E-state index contributed by atoms with van der Waals surface area (Å²) in [6, 6.07) is 4.21. The molecule has 0 aromatic heterocycles. The third-order valence-electron chi connectivity index (χ3n) is 3.47. The lowest BCUT2D eigenvalue weighted by Gasteiger charge is -1.95. The first-order valence-corrected chi connectivity index (χ1v) is 10.6. The number of rotatable bonds is 0. The maximum absolute atomic E-state index is 6.48. The van der Waals surface area contributed by atoms with Crippen LogP contribution >= 0.6 is 65.0 Å². The smallest absolute Gasteiger partial charge is 0.104 e. The second-order valence-corrected chi connectivity index (χ2v) is 8.89. The van der Waals surface area contributed by atoms with Crippen molar-refractivity contribution in [2.24, 2.45) is 0 Å². The summed E-state index contributed by atoms with van der Waals surface area (Å²) in [4.78, 5) is 2.13. The van der Waals surface area contributed by atoms with Crippen LogP contribution in [0.3, 0.4) is 0 Å². The van der Waals surface area contributed by atoms with Crippen molar-refractivity contribution in [3.63, 3.8) is 0 Å². The number of hydrogen-bond acceptors (Lipinski definition) is 6. The number of fused-ring (bicyclic) bond motifs is 6. The third kappa shape index (κ3) is 1.35. The van der Waals surface area contributed by atoms with Crippen molar-refractivity contribution in [1.82, 2.24) is 8.75 Å². The van der Waals surface area contributed by atoms with E-state index < -0.39 is 0 Å². The van der Waals surface area contributed by atoms with Gasteiger partial charge in [0.2, 0.25) is 0 Å². The van der Waals surface area contributed by atoms with Crippen LogP contribution < -0.4 is 0 Å². The number of benzene rings is 1. The van der Waals surface area contributed by atoms with Crippen LogP contribution in [0.25, 0.3) is 42.7 Å². The van der Waals surface area contributed by atoms with Gasteiger partial charge in [-0.1, -0.05) is 43.9 Å². The topological polar surface area (TPSA) is 25.8 Å². The Labute approximate surface area is 138 Å². The lowest BCUT2D eigenvalue weighted by molar-refractivity contribution is 1.60. The lowest BCUT2D eigenvalue weighted by atomic mass is 10.1. The normalized spacial score (nSPS) is 12.5. The van der Waals surface area contributed by atoms with Crippen LogP contribution in [0.1, 0.15) is 0 Å². The van der Waals surface area contributed by atoms with E-state index in [-0.39, 0.29) is 0 Å². The molecule has 0 radical (unpaired) electrons. The van der Waals surface area contributed by atoms with Gasteiger partial charge in [0.1, 0.15) is 11.4 Å². The quantitative estimate of drug-likeness (QED) is 0.288. The van der Waals surface area contributed by atoms with Gasteiger partial charge in [-0.15, -0.1) is 0 Å². The van der Waals surface area contributed by atoms with E-state index in [0.717, 1.165) is 52.7 Å². The van der Waals surface area contributed by atoms with E-state index in [9.17, 15) is 0 Å². The highest BCUT2D eigenvalue weighted by molar-refractivity contribution is 7.69. The standard InChI is InChI=1S/C12H2Cl2N2S4/c13-7-3-1-4-6(10-12(8(4)14)18-20-16-10)2-5(3)9-11(7)17-19-15-9/h1-2H. The Kier molecular flexibility index (Phi) is 2.43. The largest absolute Gasteiger partial charge is 0.181 e. The molecule has 2 heterocycles. The molecule has 0 amide bonds. The summed E-state index contributed by atoms with van der Waals surface area (Å²) in [6.45, 7) is 0. The van der Waals surface area contributed by atoms with Crippen LogP contribution in [0.15, 0.2) is 12.1 Å². The fourth-order valence-electron chi connectivity index (χ4n) is 2.57. The van der Waals surface area contributed by atoms with Crippen molar-refractivity contribution >= 4 is 86.5 Å². The van der Waals surface area contributed by atoms with E-state index in [4.69, 9.17) is 23.2 Å². The van der Waals surface area contributed by atoms with Crippen LogP contribution in [0.2, 0.25) is 10.0 Å². The molecule has 5 rings (SSSR count). The molecule has 2 aliphatic carbocycles. The van der Waals surface area contributed by atoms with Crippen LogP contribution in [0.4, 0.5) is 0 Å². The third-order valence-corrected chi connectivity index (χ3v) is 8.16. The molecular weight excluding hydrogens is 371 g/mol. The van der Waals surface area contributed by atoms with Crippen LogP contribution in [-0.4, -0.2) is 8.75 Å². The first-order valence-electron chi connectivity index (χ1n) is 5.59. The van der Waals surface area contributed by atoms with Gasteiger partial charge < -0.3 is 0 Å². The Bertz CT molecular complexity index is 957. The van der Waals surface area contributed by atoms with Gasteiger partial charge in [-0.2, -0.15) is 8.75 Å². The van der Waals surface area contributed by atoms with E-state index in [2.05, 4.69) is 20.9 Å². The second-order valence-electron chi connectivity index (χ2n) is 4.43. The minimum Gasteiger partial charge on any atom is -0.181 e. The molecular formula is C12H2Cl2N2S4. The molecule has 0 saturated carbocycles. The maximum atomic E-state index is 6.48. The summed E-state index contributed by atoms with van der Waals surface area (Å²) in [5.41, 5.74) is 1.98. The Morgan fingerprint density at radius 1 is 0.700 bits per heavy atom. The number of nitrogens with zero attached hydrogens (tertiary/aromatic N) is 2. The molecule has 2 aliphatic heterocycles. The Morgan fingerprint density at radius 3 is 1.65 bits per heavy atom. The highest BCUT2D eigenvalue weighted by Gasteiger charge is 2.25. The minimum absolute atomic E-state index is 0.784. The summed E-state index contributed by atoms with van der Waals surface area (Å²) in [6.07, 6.45) is 0. The van der Waals surface area contributed by atoms with Crippen molar-refractivity contribution in [2.45, 2.75) is 0 Å². The zero-order valence-corrected chi connectivity index (χ0v) is 14.2. The Hall–Kier alpha value is -0.500. The SMILES string of the molecule is Clc1c2ssnc-2c2cc3c4nssc-4c(Cl)c3cc12. The molecule has 0 saturated heterocycles.